The van der Waals surface area contributed by atoms with Crippen molar-refractivity contribution in [3.05, 3.63) is 29.3 Å². The quantitative estimate of drug-likeness (QED) is 0.909. The molecule has 2 unspecified atom stereocenters. The Hall–Kier alpha value is -2.24. The normalized spacial score (nSPS) is 22.6. The minimum atomic E-state index is -1.04. The molecular formula is C19H25NO5. The number of hydrogen-bond acceptors (Lipinski definition) is 4. The van der Waals surface area contributed by atoms with E-state index in [4.69, 9.17) is 9.47 Å². The van der Waals surface area contributed by atoms with Crippen molar-refractivity contribution in [3.8, 4) is 5.75 Å². The van der Waals surface area contributed by atoms with E-state index >= 15 is 0 Å². The van der Waals surface area contributed by atoms with E-state index in [1.807, 2.05) is 12.1 Å². The molecule has 0 bridgehead atoms. The average molecular weight is 347 g/mol. The van der Waals surface area contributed by atoms with Gasteiger partial charge >= 0.3 is 12.1 Å². The summed E-state index contributed by atoms with van der Waals surface area (Å²) in [5, 5.41) is 9.44. The molecule has 1 aliphatic carbocycles. The van der Waals surface area contributed by atoms with Gasteiger partial charge in [-0.2, -0.15) is 0 Å². The summed E-state index contributed by atoms with van der Waals surface area (Å²) in [5.74, 6) is -0.299. The lowest BCUT2D eigenvalue weighted by atomic mass is 10.1. The first-order valence-corrected chi connectivity index (χ1v) is 8.74. The van der Waals surface area contributed by atoms with E-state index in [-0.39, 0.29) is 19.1 Å². The average Bonchev–Trinajstić information content (AvgIpc) is 3.11. The fraction of sp³-hybridized carbons (Fsp3) is 0.579. The molecule has 1 heterocycles. The Kier molecular flexibility index (Phi) is 4.62. The topological polar surface area (TPSA) is 76.1 Å². The van der Waals surface area contributed by atoms with Crippen molar-refractivity contribution in [1.29, 1.82) is 0 Å². The fourth-order valence-corrected chi connectivity index (χ4v) is 3.45. The molecule has 6 nitrogen and oxygen atoms in total. The van der Waals surface area contributed by atoms with Crippen LogP contribution < -0.4 is 4.74 Å². The van der Waals surface area contributed by atoms with Crippen LogP contribution in [0.4, 0.5) is 4.79 Å². The van der Waals surface area contributed by atoms with Crippen molar-refractivity contribution in [2.75, 3.05) is 6.54 Å². The zero-order valence-electron chi connectivity index (χ0n) is 14.9. The molecule has 2 aliphatic rings. The predicted molar refractivity (Wildman–Crippen MR) is 91.9 cm³/mol. The van der Waals surface area contributed by atoms with Crippen molar-refractivity contribution in [1.82, 2.24) is 4.90 Å². The second-order valence-corrected chi connectivity index (χ2v) is 7.75. The highest BCUT2D eigenvalue weighted by atomic mass is 16.6. The minimum absolute atomic E-state index is 0.211. The molecule has 1 fully saturated rings. The molecule has 0 aromatic heterocycles. The van der Waals surface area contributed by atoms with Gasteiger partial charge in [0.05, 0.1) is 6.54 Å². The van der Waals surface area contributed by atoms with E-state index < -0.39 is 23.7 Å². The number of benzene rings is 1. The van der Waals surface area contributed by atoms with E-state index in [0.717, 1.165) is 25.0 Å². The van der Waals surface area contributed by atoms with E-state index in [1.165, 1.54) is 16.0 Å². The summed E-state index contributed by atoms with van der Waals surface area (Å²) in [6, 6.07) is 5.12. The number of carbonyl (C=O) groups excluding carboxylic acids is 1. The maximum atomic E-state index is 12.3. The smallest absolute Gasteiger partial charge is 0.411 e. The van der Waals surface area contributed by atoms with Gasteiger partial charge in [-0.15, -0.1) is 0 Å². The number of carbonyl (C=O) groups is 2. The van der Waals surface area contributed by atoms with Crippen molar-refractivity contribution in [3.63, 3.8) is 0 Å². The number of nitrogens with zero attached hydrogens (tertiary/aromatic N) is 1. The van der Waals surface area contributed by atoms with E-state index in [9.17, 15) is 14.7 Å². The second kappa shape index (κ2) is 6.58. The van der Waals surface area contributed by atoms with Crippen LogP contribution in [0.15, 0.2) is 18.2 Å². The van der Waals surface area contributed by atoms with Crippen LogP contribution in [0.5, 0.6) is 5.75 Å². The van der Waals surface area contributed by atoms with Crippen molar-refractivity contribution < 1.29 is 24.2 Å². The maximum Gasteiger partial charge on any atom is 0.411 e. The Morgan fingerprint density at radius 2 is 1.92 bits per heavy atom. The molecule has 1 saturated heterocycles. The van der Waals surface area contributed by atoms with Gasteiger partial charge < -0.3 is 14.6 Å². The van der Waals surface area contributed by atoms with E-state index in [1.54, 1.807) is 20.8 Å². The Labute approximate surface area is 147 Å². The highest BCUT2D eigenvalue weighted by Gasteiger charge is 2.42. The lowest BCUT2D eigenvalue weighted by molar-refractivity contribution is -0.142. The first-order chi connectivity index (χ1) is 11.7. The summed E-state index contributed by atoms with van der Waals surface area (Å²) < 4.78 is 11.3. The summed E-state index contributed by atoms with van der Waals surface area (Å²) >= 11 is 0. The largest absolute Gasteiger partial charge is 0.488 e. The molecule has 0 saturated carbocycles. The van der Waals surface area contributed by atoms with E-state index in [0.29, 0.717) is 0 Å². The van der Waals surface area contributed by atoms with Gasteiger partial charge in [0.25, 0.3) is 0 Å². The number of fused-ring (bicyclic) bond motifs is 1. The van der Waals surface area contributed by atoms with Crippen LogP contribution in [0.25, 0.3) is 0 Å². The molecule has 1 N–H and O–H groups in total. The van der Waals surface area contributed by atoms with Crippen LogP contribution in [0.1, 0.15) is 44.7 Å². The molecule has 1 amide bonds. The molecule has 1 aromatic rings. The SMILES string of the molecule is CC(C)(C)OC(=O)N1CC(Oc2ccc3c(c2)CCC3)CC1C(=O)O. The molecule has 1 aromatic carbocycles. The number of ether oxygens (including phenoxy) is 2. The van der Waals surface area contributed by atoms with Crippen molar-refractivity contribution in [2.24, 2.45) is 0 Å². The van der Waals surface area contributed by atoms with Gasteiger partial charge in [-0.3, -0.25) is 4.90 Å². The highest BCUT2D eigenvalue weighted by Crippen LogP contribution is 2.29. The van der Waals surface area contributed by atoms with Gasteiger partial charge in [-0.05, 0) is 63.3 Å². The highest BCUT2D eigenvalue weighted by molar-refractivity contribution is 5.81. The molecule has 3 rings (SSSR count). The summed E-state index contributed by atoms with van der Waals surface area (Å²) in [4.78, 5) is 25.1. The number of rotatable bonds is 3. The zero-order chi connectivity index (χ0) is 18.2. The Morgan fingerprint density at radius 1 is 1.20 bits per heavy atom. The second-order valence-electron chi connectivity index (χ2n) is 7.75. The number of carboxylic acids is 1. The van der Waals surface area contributed by atoms with Gasteiger partial charge in [0.2, 0.25) is 0 Å². The van der Waals surface area contributed by atoms with Crippen LogP contribution in [-0.2, 0) is 22.4 Å². The molecule has 25 heavy (non-hydrogen) atoms. The third kappa shape index (κ3) is 4.06. The van der Waals surface area contributed by atoms with Gasteiger partial charge in [-0.1, -0.05) is 6.07 Å². The summed E-state index contributed by atoms with van der Waals surface area (Å²) in [6.45, 7) is 5.49. The predicted octanol–water partition coefficient (Wildman–Crippen LogP) is 3.02. The summed E-state index contributed by atoms with van der Waals surface area (Å²) in [7, 11) is 0. The van der Waals surface area contributed by atoms with Gasteiger partial charge in [-0.25, -0.2) is 9.59 Å². The lowest BCUT2D eigenvalue weighted by Crippen LogP contribution is -2.43. The van der Waals surface area contributed by atoms with Crippen LogP contribution in [0.3, 0.4) is 0 Å². The molecular weight excluding hydrogens is 322 g/mol. The standard InChI is InChI=1S/C19H25NO5/c1-19(2,3)25-18(23)20-11-15(10-16(20)17(21)22)24-14-8-7-12-5-4-6-13(12)9-14/h7-9,15-16H,4-6,10-11H2,1-3H3,(H,21,22). The minimum Gasteiger partial charge on any atom is -0.488 e. The lowest BCUT2D eigenvalue weighted by Gasteiger charge is -2.26. The zero-order valence-corrected chi connectivity index (χ0v) is 14.9. The van der Waals surface area contributed by atoms with Crippen LogP contribution in [-0.4, -0.2) is 46.4 Å². The summed E-state index contributed by atoms with van der Waals surface area (Å²) in [5.41, 5.74) is 1.99. The van der Waals surface area contributed by atoms with E-state index in [2.05, 4.69) is 6.07 Å². The third-order valence-corrected chi connectivity index (χ3v) is 4.55. The first-order valence-electron chi connectivity index (χ1n) is 8.74. The monoisotopic (exact) mass is 347 g/mol. The molecule has 0 radical (unpaired) electrons. The molecule has 136 valence electrons. The molecule has 1 aliphatic heterocycles. The molecule has 0 spiro atoms. The third-order valence-electron chi connectivity index (χ3n) is 4.55. The fourth-order valence-electron chi connectivity index (χ4n) is 3.45. The van der Waals surface area contributed by atoms with Crippen LogP contribution in [0, 0.1) is 0 Å². The van der Waals surface area contributed by atoms with Crippen molar-refractivity contribution in [2.45, 2.75) is 64.2 Å². The number of carboxylic acid groups (broad SMARTS) is 1. The Bertz CT molecular complexity index is 679. The number of aliphatic carboxylic acids is 1. The van der Waals surface area contributed by atoms with Gasteiger partial charge in [0.15, 0.2) is 0 Å². The molecule has 2 atom stereocenters. The van der Waals surface area contributed by atoms with Gasteiger partial charge in [0, 0.05) is 6.42 Å². The first kappa shape index (κ1) is 17.6. The number of hydrogen-bond donors (Lipinski definition) is 1. The van der Waals surface area contributed by atoms with Gasteiger partial charge in [0.1, 0.15) is 23.5 Å². The van der Waals surface area contributed by atoms with Crippen LogP contribution >= 0.6 is 0 Å². The Balaban J connectivity index is 1.69. The number of amides is 1. The summed E-state index contributed by atoms with van der Waals surface area (Å²) in [6.07, 6.45) is 2.61. The van der Waals surface area contributed by atoms with Crippen molar-refractivity contribution >= 4 is 12.1 Å². The maximum absolute atomic E-state index is 12.3. The number of likely N-dealkylation sites (tertiary alicyclic amines) is 1. The number of aryl methyl sites for hydroxylation is 2. The van der Waals surface area contributed by atoms with Crippen LogP contribution in [0.2, 0.25) is 0 Å². The Morgan fingerprint density at radius 3 is 2.60 bits per heavy atom. The molecule has 6 heteroatoms.